The molecule has 0 saturated carbocycles. The van der Waals surface area contributed by atoms with E-state index in [9.17, 15) is 19.4 Å². The summed E-state index contributed by atoms with van der Waals surface area (Å²) < 4.78 is 15.4. The van der Waals surface area contributed by atoms with Gasteiger partial charge in [-0.15, -0.1) is 0 Å². The third kappa shape index (κ3) is 6.38. The molecule has 0 atom stereocenters. The molecule has 2 aromatic heterocycles. The zero-order chi connectivity index (χ0) is 24.6. The predicted octanol–water partition coefficient (Wildman–Crippen LogP) is 4.02. The highest BCUT2D eigenvalue weighted by Crippen LogP contribution is 2.22. The number of halogens is 1. The first-order valence-corrected chi connectivity index (χ1v) is 11.4. The first kappa shape index (κ1) is 24.3. The van der Waals surface area contributed by atoms with Crippen molar-refractivity contribution < 1.29 is 19.4 Å². The molecule has 8 heteroatoms. The Bertz CT molecular complexity index is 1260. The van der Waals surface area contributed by atoms with Crippen molar-refractivity contribution in [3.8, 4) is 11.5 Å². The molecule has 0 unspecified atom stereocenters. The molecule has 7 nitrogen and oxygen atoms in total. The highest BCUT2D eigenvalue weighted by Gasteiger charge is 2.17. The maximum atomic E-state index is 13.4. The van der Waals surface area contributed by atoms with E-state index < -0.39 is 5.97 Å². The summed E-state index contributed by atoms with van der Waals surface area (Å²) in [5, 5.41) is 19.0. The van der Waals surface area contributed by atoms with E-state index in [1.807, 2.05) is 34.9 Å². The van der Waals surface area contributed by atoms with Crippen LogP contribution >= 0.6 is 0 Å². The first-order valence-electron chi connectivity index (χ1n) is 11.4. The molecule has 4 aromatic rings. The molecule has 0 bridgehead atoms. The Kier molecular flexibility index (Phi) is 7.97. The van der Waals surface area contributed by atoms with E-state index in [-0.39, 0.29) is 18.0 Å². The summed E-state index contributed by atoms with van der Waals surface area (Å²) >= 11 is 0. The summed E-state index contributed by atoms with van der Waals surface area (Å²) in [5.41, 5.74) is 3.62. The lowest BCUT2D eigenvalue weighted by molar-refractivity contribution is 0.0696. The van der Waals surface area contributed by atoms with Gasteiger partial charge in [0.05, 0.1) is 24.1 Å². The van der Waals surface area contributed by atoms with Crippen LogP contribution in [0.3, 0.4) is 0 Å². The van der Waals surface area contributed by atoms with Gasteiger partial charge in [-0.1, -0.05) is 42.5 Å². The van der Waals surface area contributed by atoms with Gasteiger partial charge in [0, 0.05) is 32.4 Å². The maximum absolute atomic E-state index is 13.4. The summed E-state index contributed by atoms with van der Waals surface area (Å²) in [5.74, 6) is -0.753. The van der Waals surface area contributed by atoms with Crippen LogP contribution in [0.25, 0.3) is 11.5 Å². The minimum atomic E-state index is -1.03. The van der Waals surface area contributed by atoms with E-state index in [1.54, 1.807) is 18.3 Å². The largest absolute Gasteiger partial charge is 0.478 e. The van der Waals surface area contributed by atoms with Gasteiger partial charge in [-0.25, -0.2) is 14.2 Å². The summed E-state index contributed by atoms with van der Waals surface area (Å²) in [6.45, 7) is 2.25. The number of rotatable bonds is 11. The Balaban J connectivity index is 1.65. The number of aryl methyl sites for hydroxylation is 1. The minimum Gasteiger partial charge on any atom is -0.478 e. The highest BCUT2D eigenvalue weighted by molar-refractivity contribution is 5.88. The van der Waals surface area contributed by atoms with Crippen LogP contribution in [0, 0.1) is 5.82 Å². The highest BCUT2D eigenvalue weighted by atomic mass is 19.1. The van der Waals surface area contributed by atoms with Crippen LogP contribution in [0.15, 0.2) is 79.1 Å². The van der Waals surface area contributed by atoms with Gasteiger partial charge >= 0.3 is 5.97 Å². The van der Waals surface area contributed by atoms with E-state index in [4.69, 9.17) is 0 Å². The number of imidazole rings is 1. The number of aliphatic hydroxyl groups is 1. The van der Waals surface area contributed by atoms with Crippen molar-refractivity contribution >= 4 is 5.97 Å². The first-order chi connectivity index (χ1) is 17.0. The van der Waals surface area contributed by atoms with E-state index in [1.165, 1.54) is 30.5 Å². The number of benzene rings is 2. The summed E-state index contributed by atoms with van der Waals surface area (Å²) in [6, 6.07) is 19.4. The Morgan fingerprint density at radius 1 is 0.971 bits per heavy atom. The Labute approximate surface area is 203 Å². The van der Waals surface area contributed by atoms with Gasteiger partial charge in [-0.3, -0.25) is 9.88 Å². The molecule has 0 aliphatic carbocycles. The van der Waals surface area contributed by atoms with Gasteiger partial charge < -0.3 is 14.8 Å². The fourth-order valence-corrected chi connectivity index (χ4v) is 4.00. The third-order valence-electron chi connectivity index (χ3n) is 5.76. The molecule has 4 rings (SSSR count). The van der Waals surface area contributed by atoms with E-state index >= 15 is 0 Å². The number of aromatic carboxylic acids is 1. The Hall–Kier alpha value is -3.88. The Morgan fingerprint density at radius 2 is 1.74 bits per heavy atom. The molecule has 2 aromatic carbocycles. The quantitative estimate of drug-likeness (QED) is 0.341. The van der Waals surface area contributed by atoms with Crippen LogP contribution in [0.2, 0.25) is 0 Å². The van der Waals surface area contributed by atoms with E-state index in [0.717, 1.165) is 16.8 Å². The van der Waals surface area contributed by atoms with Crippen LogP contribution in [0.1, 0.15) is 27.2 Å². The van der Waals surface area contributed by atoms with Crippen LogP contribution in [-0.4, -0.2) is 48.8 Å². The molecular formula is C27H27FN4O3. The number of pyridine rings is 1. The van der Waals surface area contributed by atoms with Crippen LogP contribution in [0.4, 0.5) is 4.39 Å². The molecule has 0 radical (unpaired) electrons. The molecule has 0 aliphatic heterocycles. The molecule has 0 aliphatic rings. The zero-order valence-corrected chi connectivity index (χ0v) is 19.2. The number of aromatic nitrogens is 3. The van der Waals surface area contributed by atoms with Gasteiger partial charge in [0.1, 0.15) is 11.5 Å². The predicted molar refractivity (Wildman–Crippen MR) is 130 cm³/mol. The fraction of sp³-hybridized carbons (Fsp3) is 0.222. The molecule has 0 saturated heterocycles. The van der Waals surface area contributed by atoms with Crippen LogP contribution in [0.5, 0.6) is 0 Å². The lowest BCUT2D eigenvalue weighted by Gasteiger charge is -2.22. The van der Waals surface area contributed by atoms with Gasteiger partial charge in [0.2, 0.25) is 0 Å². The second kappa shape index (κ2) is 11.5. The van der Waals surface area contributed by atoms with Crippen molar-refractivity contribution in [1.29, 1.82) is 0 Å². The average molecular weight is 475 g/mol. The normalized spacial score (nSPS) is 11.2. The lowest BCUT2D eigenvalue weighted by atomic mass is 10.1. The number of carboxylic acids is 1. The van der Waals surface area contributed by atoms with Gasteiger partial charge in [0.15, 0.2) is 5.82 Å². The van der Waals surface area contributed by atoms with E-state index in [2.05, 4.69) is 14.9 Å². The molecule has 180 valence electrons. The third-order valence-corrected chi connectivity index (χ3v) is 5.76. The Morgan fingerprint density at radius 3 is 2.46 bits per heavy atom. The van der Waals surface area contributed by atoms with Crippen LogP contribution in [-0.2, 0) is 26.1 Å². The van der Waals surface area contributed by atoms with Crippen molar-refractivity contribution in [2.45, 2.75) is 26.1 Å². The zero-order valence-electron chi connectivity index (χ0n) is 19.2. The van der Waals surface area contributed by atoms with Gasteiger partial charge in [-0.2, -0.15) is 0 Å². The smallest absolute Gasteiger partial charge is 0.335 e. The molecule has 0 fully saturated rings. The summed E-state index contributed by atoms with van der Waals surface area (Å²) in [7, 11) is 0. The second-order valence-electron chi connectivity index (χ2n) is 8.26. The van der Waals surface area contributed by atoms with Crippen molar-refractivity contribution in [3.05, 3.63) is 107 Å². The number of nitrogens with zero attached hydrogens (tertiary/aromatic N) is 4. The fourth-order valence-electron chi connectivity index (χ4n) is 4.00. The van der Waals surface area contributed by atoms with Gasteiger partial charge in [0.25, 0.3) is 0 Å². The van der Waals surface area contributed by atoms with Crippen molar-refractivity contribution in [2.75, 3.05) is 13.2 Å². The number of aliphatic hydroxyl groups excluding tert-OH is 1. The average Bonchev–Trinajstić information content (AvgIpc) is 3.27. The molecule has 0 spiro atoms. The summed E-state index contributed by atoms with van der Waals surface area (Å²) in [6.07, 6.45) is 3.86. The number of carbonyl (C=O) groups is 1. The number of hydrogen-bond acceptors (Lipinski definition) is 5. The van der Waals surface area contributed by atoms with Crippen molar-refractivity contribution in [3.63, 3.8) is 0 Å². The van der Waals surface area contributed by atoms with E-state index in [0.29, 0.717) is 44.1 Å². The molecule has 35 heavy (non-hydrogen) atoms. The molecule has 0 amide bonds. The minimum absolute atomic E-state index is 0.0195. The topological polar surface area (TPSA) is 91.5 Å². The second-order valence-corrected chi connectivity index (χ2v) is 8.26. The lowest BCUT2D eigenvalue weighted by Crippen LogP contribution is -2.27. The molecule has 2 heterocycles. The standard InChI is InChI=1S/C27H27FN4O3/c28-23-8-6-20(7-9-23)11-13-32-24(19-31(14-15-33)18-21-4-2-1-3-5-21)17-30-26(32)25-16-22(27(34)35)10-12-29-25/h1-10,12,16-17,33H,11,13-15,18-19H2,(H,34,35). The monoisotopic (exact) mass is 474 g/mol. The molecule has 2 N–H and O–H groups in total. The summed E-state index contributed by atoms with van der Waals surface area (Å²) in [4.78, 5) is 22.6. The van der Waals surface area contributed by atoms with Gasteiger partial charge in [-0.05, 0) is 41.8 Å². The SMILES string of the molecule is O=C(O)c1ccnc(-c2ncc(CN(CCO)Cc3ccccc3)n2CCc2ccc(F)cc2)c1. The van der Waals surface area contributed by atoms with Crippen molar-refractivity contribution in [2.24, 2.45) is 0 Å². The number of hydrogen-bond donors (Lipinski definition) is 2. The maximum Gasteiger partial charge on any atom is 0.335 e. The van der Waals surface area contributed by atoms with Crippen molar-refractivity contribution in [1.82, 2.24) is 19.4 Å². The molecular weight excluding hydrogens is 447 g/mol. The number of carboxylic acid groups (broad SMARTS) is 1. The van der Waals surface area contributed by atoms with Crippen LogP contribution < -0.4 is 0 Å².